The van der Waals surface area contributed by atoms with E-state index in [-0.39, 0.29) is 6.42 Å². The van der Waals surface area contributed by atoms with Crippen LogP contribution >= 0.6 is 0 Å². The molecule has 1 atom stereocenters. The van der Waals surface area contributed by atoms with Crippen molar-refractivity contribution in [3.05, 3.63) is 30.6 Å². The molecule has 0 amide bonds. The Labute approximate surface area is 85.4 Å². The zero-order valence-corrected chi connectivity index (χ0v) is 7.87. The van der Waals surface area contributed by atoms with E-state index in [1.165, 1.54) is 0 Å². The van der Waals surface area contributed by atoms with Crippen molar-refractivity contribution < 1.29 is 9.90 Å². The lowest BCUT2D eigenvalue weighted by Crippen LogP contribution is -2.32. The van der Waals surface area contributed by atoms with Gasteiger partial charge in [0.25, 0.3) is 0 Å². The van der Waals surface area contributed by atoms with Gasteiger partial charge in [0.2, 0.25) is 0 Å². The van der Waals surface area contributed by atoms with Crippen LogP contribution in [0.15, 0.2) is 24.9 Å². The van der Waals surface area contributed by atoms with Crippen molar-refractivity contribution >= 4 is 11.5 Å². The summed E-state index contributed by atoms with van der Waals surface area (Å²) in [7, 11) is 0. The molecule has 0 saturated carbocycles. The highest BCUT2D eigenvalue weighted by atomic mass is 16.4. The molecule has 0 aliphatic heterocycles. The number of imidazole rings is 1. The van der Waals surface area contributed by atoms with Crippen molar-refractivity contribution in [2.75, 3.05) is 0 Å². The molecule has 0 radical (unpaired) electrons. The summed E-state index contributed by atoms with van der Waals surface area (Å²) >= 11 is 0. The van der Waals surface area contributed by atoms with Gasteiger partial charge in [0.15, 0.2) is 0 Å². The van der Waals surface area contributed by atoms with Crippen molar-refractivity contribution in [1.29, 1.82) is 0 Å². The highest BCUT2D eigenvalue weighted by Gasteiger charge is 2.15. The first-order chi connectivity index (χ1) is 7.18. The van der Waals surface area contributed by atoms with Gasteiger partial charge in [-0.05, 0) is 0 Å². The van der Waals surface area contributed by atoms with E-state index < -0.39 is 12.0 Å². The third-order valence-electron chi connectivity index (χ3n) is 2.15. The first-order valence-corrected chi connectivity index (χ1v) is 4.42. The number of carboxylic acids is 1. The molecule has 15 heavy (non-hydrogen) atoms. The summed E-state index contributed by atoms with van der Waals surface area (Å²) in [5, 5.41) is 8.68. The third kappa shape index (κ3) is 1.79. The maximum absolute atomic E-state index is 10.6. The third-order valence-corrected chi connectivity index (χ3v) is 2.15. The van der Waals surface area contributed by atoms with Gasteiger partial charge in [0.1, 0.15) is 6.04 Å². The molecule has 0 spiro atoms. The molecule has 78 valence electrons. The number of hydrogen-bond donors (Lipinski definition) is 2. The maximum atomic E-state index is 10.6. The van der Waals surface area contributed by atoms with Gasteiger partial charge in [-0.3, -0.25) is 9.78 Å². The van der Waals surface area contributed by atoms with E-state index in [2.05, 4.69) is 9.97 Å². The predicted molar refractivity (Wildman–Crippen MR) is 52.3 cm³/mol. The molecule has 2 rings (SSSR count). The summed E-state index contributed by atoms with van der Waals surface area (Å²) in [5.41, 5.74) is 6.87. The molecular weight excluding hydrogens is 196 g/mol. The minimum Gasteiger partial charge on any atom is -0.480 e. The van der Waals surface area contributed by atoms with Crippen LogP contribution in [0.2, 0.25) is 0 Å². The summed E-state index contributed by atoms with van der Waals surface area (Å²) in [4.78, 5) is 18.6. The zero-order valence-electron chi connectivity index (χ0n) is 7.87. The molecule has 6 nitrogen and oxygen atoms in total. The molecule has 0 fully saturated rings. The van der Waals surface area contributed by atoms with E-state index >= 15 is 0 Å². The lowest BCUT2D eigenvalue weighted by molar-refractivity contribution is -0.138. The van der Waals surface area contributed by atoms with Crippen molar-refractivity contribution in [1.82, 2.24) is 14.4 Å². The second-order valence-corrected chi connectivity index (χ2v) is 3.21. The summed E-state index contributed by atoms with van der Waals surface area (Å²) in [6, 6.07) is -0.927. The Bertz CT molecular complexity index is 494. The fraction of sp³-hybridized carbons (Fsp3) is 0.222. The highest BCUT2D eigenvalue weighted by molar-refractivity contribution is 5.74. The quantitative estimate of drug-likeness (QED) is 0.718. The molecule has 0 bridgehead atoms. The largest absolute Gasteiger partial charge is 0.480 e. The Morgan fingerprint density at radius 2 is 2.47 bits per heavy atom. The molecule has 0 saturated heterocycles. The van der Waals surface area contributed by atoms with Crippen molar-refractivity contribution in [2.24, 2.45) is 5.73 Å². The van der Waals surface area contributed by atoms with Crippen LogP contribution in [0.4, 0.5) is 0 Å². The van der Waals surface area contributed by atoms with E-state index in [9.17, 15) is 4.79 Å². The fourth-order valence-electron chi connectivity index (χ4n) is 1.35. The van der Waals surface area contributed by atoms with Crippen molar-refractivity contribution in [2.45, 2.75) is 12.5 Å². The van der Waals surface area contributed by atoms with Crippen LogP contribution in [-0.2, 0) is 11.2 Å². The number of nitrogens with zero attached hydrogens (tertiary/aromatic N) is 3. The SMILES string of the molecule is NC(Cc1ncn2ccncc12)C(=O)O. The monoisotopic (exact) mass is 206 g/mol. The second-order valence-electron chi connectivity index (χ2n) is 3.21. The van der Waals surface area contributed by atoms with Crippen LogP contribution in [0.1, 0.15) is 5.69 Å². The number of rotatable bonds is 3. The minimum absolute atomic E-state index is 0.206. The number of aromatic nitrogens is 3. The fourth-order valence-corrected chi connectivity index (χ4v) is 1.35. The lowest BCUT2D eigenvalue weighted by Gasteiger charge is -2.03. The average Bonchev–Trinajstić information content (AvgIpc) is 2.62. The van der Waals surface area contributed by atoms with Gasteiger partial charge in [0.05, 0.1) is 23.7 Å². The number of carbonyl (C=O) groups is 1. The van der Waals surface area contributed by atoms with E-state index in [0.29, 0.717) is 5.69 Å². The highest BCUT2D eigenvalue weighted by Crippen LogP contribution is 2.09. The summed E-state index contributed by atoms with van der Waals surface area (Å²) < 4.78 is 1.77. The molecule has 0 aromatic carbocycles. The first kappa shape index (κ1) is 9.60. The van der Waals surface area contributed by atoms with Gasteiger partial charge in [-0.1, -0.05) is 0 Å². The Kier molecular flexibility index (Phi) is 2.34. The first-order valence-electron chi connectivity index (χ1n) is 4.42. The lowest BCUT2D eigenvalue weighted by atomic mass is 10.1. The number of hydrogen-bond acceptors (Lipinski definition) is 4. The average molecular weight is 206 g/mol. The minimum atomic E-state index is -1.03. The number of fused-ring (bicyclic) bond motifs is 1. The van der Waals surface area contributed by atoms with Gasteiger partial charge in [-0.2, -0.15) is 0 Å². The molecule has 2 aromatic rings. The molecule has 2 aromatic heterocycles. The van der Waals surface area contributed by atoms with E-state index in [4.69, 9.17) is 10.8 Å². The van der Waals surface area contributed by atoms with E-state index in [1.54, 1.807) is 29.3 Å². The van der Waals surface area contributed by atoms with Crippen LogP contribution in [0.3, 0.4) is 0 Å². The van der Waals surface area contributed by atoms with Crippen LogP contribution in [0, 0.1) is 0 Å². The molecule has 6 heteroatoms. The summed E-state index contributed by atoms with van der Waals surface area (Å²) in [5.74, 6) is -1.03. The molecule has 0 aliphatic rings. The number of nitrogens with two attached hydrogens (primary N) is 1. The standard InChI is InChI=1S/C9H10N4O2/c10-6(9(14)15)3-7-8-4-11-1-2-13(8)5-12-7/h1-2,4-6H,3,10H2,(H,14,15). The Hall–Kier alpha value is -1.95. The molecule has 0 aliphatic carbocycles. The van der Waals surface area contributed by atoms with Crippen molar-refractivity contribution in [3.63, 3.8) is 0 Å². The predicted octanol–water partition coefficient (Wildman–Crippen LogP) is -0.316. The smallest absolute Gasteiger partial charge is 0.320 e. The van der Waals surface area contributed by atoms with E-state index in [1.807, 2.05) is 0 Å². The van der Waals surface area contributed by atoms with Crippen LogP contribution < -0.4 is 5.73 Å². The summed E-state index contributed by atoms with van der Waals surface area (Å²) in [6.07, 6.45) is 6.84. The normalized spacial score (nSPS) is 12.9. The Morgan fingerprint density at radius 1 is 1.67 bits per heavy atom. The van der Waals surface area contributed by atoms with Gasteiger partial charge < -0.3 is 15.2 Å². The Morgan fingerprint density at radius 3 is 3.20 bits per heavy atom. The second kappa shape index (κ2) is 3.66. The molecule has 3 N–H and O–H groups in total. The number of carboxylic acid groups (broad SMARTS) is 1. The van der Waals surface area contributed by atoms with Gasteiger partial charge in [0, 0.05) is 18.8 Å². The van der Waals surface area contributed by atoms with E-state index in [0.717, 1.165) is 5.52 Å². The zero-order chi connectivity index (χ0) is 10.8. The van der Waals surface area contributed by atoms with Gasteiger partial charge >= 0.3 is 5.97 Å². The molecular formula is C9H10N4O2. The topological polar surface area (TPSA) is 93.5 Å². The van der Waals surface area contributed by atoms with Crippen LogP contribution in [0.5, 0.6) is 0 Å². The number of aliphatic carboxylic acids is 1. The van der Waals surface area contributed by atoms with Crippen LogP contribution in [0.25, 0.3) is 5.52 Å². The van der Waals surface area contributed by atoms with Crippen LogP contribution in [-0.4, -0.2) is 31.5 Å². The Balaban J connectivity index is 2.32. The van der Waals surface area contributed by atoms with Gasteiger partial charge in [-0.15, -0.1) is 0 Å². The molecule has 2 heterocycles. The van der Waals surface area contributed by atoms with Gasteiger partial charge in [-0.25, -0.2) is 4.98 Å². The molecule has 1 unspecified atom stereocenters. The maximum Gasteiger partial charge on any atom is 0.320 e. The van der Waals surface area contributed by atoms with Crippen molar-refractivity contribution in [3.8, 4) is 0 Å². The summed E-state index contributed by atoms with van der Waals surface area (Å²) in [6.45, 7) is 0.